The van der Waals surface area contributed by atoms with Crippen molar-refractivity contribution in [3.63, 3.8) is 0 Å². The Bertz CT molecular complexity index is 1010. The predicted molar refractivity (Wildman–Crippen MR) is 153 cm³/mol. The topological polar surface area (TPSA) is 58.6 Å². The summed E-state index contributed by atoms with van der Waals surface area (Å²) >= 11 is 0. The van der Waals surface area contributed by atoms with Gasteiger partial charge in [0.1, 0.15) is 8.07 Å². The fraction of sp³-hybridized carbons (Fsp3) is 0.387. The van der Waals surface area contributed by atoms with E-state index in [-0.39, 0.29) is 11.0 Å². The lowest BCUT2D eigenvalue weighted by atomic mass is 9.95. The lowest BCUT2D eigenvalue weighted by Gasteiger charge is -2.45. The SMILES string of the molecule is COC(=O)C(O)CC(CCNc1ccccc1)CC[Si](c1ccccc1)(c1ccccc1)C(C)(C)C. The zero-order valence-electron chi connectivity index (χ0n) is 22.1. The van der Waals surface area contributed by atoms with E-state index < -0.39 is 20.1 Å². The van der Waals surface area contributed by atoms with Gasteiger partial charge in [-0.3, -0.25) is 0 Å². The van der Waals surface area contributed by atoms with Gasteiger partial charge in [0.15, 0.2) is 6.10 Å². The third-order valence-corrected chi connectivity index (χ3v) is 13.7. The van der Waals surface area contributed by atoms with Crippen LogP contribution in [0.2, 0.25) is 11.1 Å². The number of carbonyl (C=O) groups excluding carboxylic acids is 1. The van der Waals surface area contributed by atoms with E-state index in [1.807, 2.05) is 18.2 Å². The average molecular weight is 504 g/mol. The van der Waals surface area contributed by atoms with Gasteiger partial charge in [-0.25, -0.2) is 4.79 Å². The summed E-state index contributed by atoms with van der Waals surface area (Å²) in [6, 6.07) is 33.1. The first-order chi connectivity index (χ1) is 17.3. The molecule has 0 aliphatic carbocycles. The highest BCUT2D eigenvalue weighted by atomic mass is 28.3. The van der Waals surface area contributed by atoms with Crippen LogP contribution in [-0.2, 0) is 9.53 Å². The molecule has 192 valence electrons. The van der Waals surface area contributed by atoms with Crippen molar-refractivity contribution in [2.75, 3.05) is 19.0 Å². The lowest BCUT2D eigenvalue weighted by molar-refractivity contribution is -0.151. The van der Waals surface area contributed by atoms with E-state index in [1.54, 1.807) is 0 Å². The van der Waals surface area contributed by atoms with E-state index in [2.05, 4.69) is 98.9 Å². The van der Waals surface area contributed by atoms with E-state index >= 15 is 0 Å². The maximum Gasteiger partial charge on any atom is 0.334 e. The number of methoxy groups -OCH3 is 1. The van der Waals surface area contributed by atoms with Gasteiger partial charge >= 0.3 is 5.97 Å². The molecule has 0 aromatic heterocycles. The minimum atomic E-state index is -2.22. The number of benzene rings is 3. The van der Waals surface area contributed by atoms with Gasteiger partial charge in [0.05, 0.1) is 7.11 Å². The van der Waals surface area contributed by atoms with Crippen LogP contribution in [0.5, 0.6) is 0 Å². The quantitative estimate of drug-likeness (QED) is 0.254. The molecule has 36 heavy (non-hydrogen) atoms. The molecular formula is C31H41NO3Si. The van der Waals surface area contributed by atoms with E-state index in [9.17, 15) is 9.90 Å². The molecule has 0 aliphatic heterocycles. The molecule has 2 atom stereocenters. The fourth-order valence-electron chi connectivity index (χ4n) is 5.47. The van der Waals surface area contributed by atoms with Crippen LogP contribution >= 0.6 is 0 Å². The van der Waals surface area contributed by atoms with Gasteiger partial charge in [0.25, 0.3) is 0 Å². The predicted octanol–water partition coefficient (Wildman–Crippen LogP) is 5.48. The zero-order chi connectivity index (χ0) is 26.0. The number of hydrogen-bond acceptors (Lipinski definition) is 4. The van der Waals surface area contributed by atoms with Crippen LogP contribution in [0.3, 0.4) is 0 Å². The van der Waals surface area contributed by atoms with Crippen molar-refractivity contribution in [2.45, 2.75) is 57.2 Å². The Morgan fingerprint density at radius 1 is 0.861 bits per heavy atom. The molecule has 4 nitrogen and oxygen atoms in total. The Morgan fingerprint density at radius 2 is 1.36 bits per heavy atom. The number of aliphatic hydroxyl groups is 1. The Hall–Kier alpha value is -2.89. The number of hydrogen-bond donors (Lipinski definition) is 2. The average Bonchev–Trinajstić information content (AvgIpc) is 2.89. The molecule has 0 radical (unpaired) electrons. The first-order valence-corrected chi connectivity index (χ1v) is 15.1. The maximum absolute atomic E-state index is 12.1. The van der Waals surface area contributed by atoms with Gasteiger partial charge in [-0.15, -0.1) is 0 Å². The molecule has 5 heteroatoms. The number of nitrogens with one attached hydrogen (secondary N) is 1. The fourth-order valence-corrected chi connectivity index (χ4v) is 11.2. The van der Waals surface area contributed by atoms with Crippen LogP contribution < -0.4 is 15.7 Å². The van der Waals surface area contributed by atoms with Crippen LogP contribution in [0, 0.1) is 5.92 Å². The van der Waals surface area contributed by atoms with Crippen molar-refractivity contribution < 1.29 is 14.6 Å². The molecule has 2 unspecified atom stereocenters. The highest BCUT2D eigenvalue weighted by Crippen LogP contribution is 2.40. The second-order valence-corrected chi connectivity index (χ2v) is 15.6. The van der Waals surface area contributed by atoms with E-state index in [0.717, 1.165) is 31.1 Å². The summed E-state index contributed by atoms with van der Waals surface area (Å²) in [6.45, 7) is 7.89. The van der Waals surface area contributed by atoms with Crippen molar-refractivity contribution >= 4 is 30.1 Å². The van der Waals surface area contributed by atoms with Gasteiger partial charge in [-0.1, -0.05) is 116 Å². The molecule has 3 aromatic rings. The Labute approximate surface area is 217 Å². The largest absolute Gasteiger partial charge is 0.467 e. The summed E-state index contributed by atoms with van der Waals surface area (Å²) in [5.41, 5.74) is 1.08. The van der Waals surface area contributed by atoms with E-state index in [4.69, 9.17) is 4.74 Å². The van der Waals surface area contributed by atoms with Crippen LogP contribution in [0.1, 0.15) is 40.0 Å². The van der Waals surface area contributed by atoms with Crippen LogP contribution in [0.25, 0.3) is 0 Å². The molecule has 3 rings (SSSR count). The number of para-hydroxylation sites is 1. The molecule has 3 aromatic carbocycles. The first kappa shape index (κ1) is 27.7. The Kier molecular flexibility index (Phi) is 9.91. The molecule has 0 saturated heterocycles. The molecule has 0 saturated carbocycles. The monoisotopic (exact) mass is 503 g/mol. The molecule has 0 spiro atoms. The second-order valence-electron chi connectivity index (χ2n) is 10.6. The molecular weight excluding hydrogens is 462 g/mol. The lowest BCUT2D eigenvalue weighted by Crippen LogP contribution is -2.64. The van der Waals surface area contributed by atoms with Gasteiger partial charge in [0, 0.05) is 12.2 Å². The maximum atomic E-state index is 12.1. The van der Waals surface area contributed by atoms with Gasteiger partial charge < -0.3 is 15.2 Å². The third kappa shape index (κ3) is 6.86. The standard InChI is InChI=1S/C31H41NO3Si/c1-31(2,3)36(27-16-10-6-11-17-27,28-18-12-7-13-19-28)23-21-25(24-29(33)30(34)35-4)20-22-32-26-14-8-5-9-15-26/h5-19,25,29,32-33H,20-24H2,1-4H3. The summed E-state index contributed by atoms with van der Waals surface area (Å²) in [5, 5.41) is 17.0. The summed E-state index contributed by atoms with van der Waals surface area (Å²) in [4.78, 5) is 12.1. The van der Waals surface area contributed by atoms with Crippen molar-refractivity contribution in [2.24, 2.45) is 5.92 Å². The molecule has 0 aliphatic rings. The summed E-state index contributed by atoms with van der Waals surface area (Å²) in [7, 11) is -0.887. The number of rotatable bonds is 12. The van der Waals surface area contributed by atoms with Crippen molar-refractivity contribution in [1.29, 1.82) is 0 Å². The van der Waals surface area contributed by atoms with Crippen LogP contribution in [0.15, 0.2) is 91.0 Å². The van der Waals surface area contributed by atoms with Crippen molar-refractivity contribution in [3.05, 3.63) is 91.0 Å². The van der Waals surface area contributed by atoms with E-state index in [0.29, 0.717) is 6.42 Å². The van der Waals surface area contributed by atoms with Crippen LogP contribution in [-0.4, -0.2) is 38.9 Å². The molecule has 0 heterocycles. The molecule has 0 fully saturated rings. The van der Waals surface area contributed by atoms with Gasteiger partial charge in [0.2, 0.25) is 0 Å². The highest BCUT2D eigenvalue weighted by molar-refractivity contribution is 7.04. The number of aliphatic hydroxyl groups excluding tert-OH is 1. The molecule has 0 bridgehead atoms. The number of ether oxygens (including phenoxy) is 1. The normalized spacial score (nSPS) is 13.6. The number of anilines is 1. The van der Waals surface area contributed by atoms with E-state index in [1.165, 1.54) is 17.5 Å². The number of esters is 1. The minimum Gasteiger partial charge on any atom is -0.467 e. The van der Waals surface area contributed by atoms with Gasteiger partial charge in [-0.2, -0.15) is 0 Å². The number of carbonyl (C=O) groups is 1. The molecule has 0 amide bonds. The smallest absolute Gasteiger partial charge is 0.334 e. The third-order valence-electron chi connectivity index (χ3n) is 7.43. The summed E-state index contributed by atoms with van der Waals surface area (Å²) in [6.07, 6.45) is 1.09. The van der Waals surface area contributed by atoms with Crippen molar-refractivity contribution in [3.8, 4) is 0 Å². The Morgan fingerprint density at radius 3 is 1.83 bits per heavy atom. The van der Waals surface area contributed by atoms with Crippen molar-refractivity contribution in [1.82, 2.24) is 0 Å². The first-order valence-electron chi connectivity index (χ1n) is 12.9. The second kappa shape index (κ2) is 12.9. The zero-order valence-corrected chi connectivity index (χ0v) is 23.1. The summed E-state index contributed by atoms with van der Waals surface area (Å²) in [5.74, 6) is -0.376. The molecule has 2 N–H and O–H groups in total. The highest BCUT2D eigenvalue weighted by Gasteiger charge is 2.47. The Balaban J connectivity index is 1.89. The minimum absolute atomic E-state index is 0.0729. The summed E-state index contributed by atoms with van der Waals surface area (Å²) < 4.78 is 4.83. The van der Waals surface area contributed by atoms with Crippen LogP contribution in [0.4, 0.5) is 5.69 Å². The van der Waals surface area contributed by atoms with Gasteiger partial charge in [-0.05, 0) is 42.0 Å².